The predicted molar refractivity (Wildman–Crippen MR) is 82.3 cm³/mol. The molecule has 0 radical (unpaired) electrons. The number of hydrogen-bond acceptors (Lipinski definition) is 6. The zero-order chi connectivity index (χ0) is 14.4. The summed E-state index contributed by atoms with van der Waals surface area (Å²) in [5.74, 6) is 7.46. The summed E-state index contributed by atoms with van der Waals surface area (Å²) in [7, 11) is 1.40. The zero-order valence-corrected chi connectivity index (χ0v) is 12.1. The molecule has 0 atom stereocenters. The van der Waals surface area contributed by atoms with Crippen LogP contribution in [0.4, 0.5) is 5.82 Å². The lowest BCUT2D eigenvalue weighted by Crippen LogP contribution is -2.11. The lowest BCUT2D eigenvalue weighted by molar-refractivity contribution is -0.140. The molecule has 1 aromatic heterocycles. The second-order valence-electron chi connectivity index (χ2n) is 4.21. The molecule has 106 valence electrons. The number of benzene rings is 1. The Bertz CT molecular complexity index is 604. The number of nitrogens with one attached hydrogen (secondary N) is 1. The lowest BCUT2D eigenvalue weighted by Gasteiger charge is -2.09. The van der Waals surface area contributed by atoms with Gasteiger partial charge in [-0.25, -0.2) is 10.8 Å². The molecule has 0 unspecified atom stereocenters. The van der Waals surface area contributed by atoms with Crippen LogP contribution in [0.3, 0.4) is 0 Å². The number of nitrogens with two attached hydrogens (primary N) is 1. The number of pyridine rings is 1. The first kappa shape index (κ1) is 14.6. The van der Waals surface area contributed by atoms with Crippen molar-refractivity contribution in [3.8, 4) is 0 Å². The van der Waals surface area contributed by atoms with E-state index in [-0.39, 0.29) is 5.97 Å². The predicted octanol–water partition coefficient (Wildman–Crippen LogP) is 2.32. The van der Waals surface area contributed by atoms with Crippen LogP contribution >= 0.6 is 11.8 Å². The molecule has 20 heavy (non-hydrogen) atoms. The highest BCUT2D eigenvalue weighted by Crippen LogP contribution is 2.24. The van der Waals surface area contributed by atoms with Gasteiger partial charge in [0.1, 0.15) is 5.82 Å². The summed E-state index contributed by atoms with van der Waals surface area (Å²) >= 11 is 1.65. The Kier molecular flexibility index (Phi) is 5.20. The molecular formula is C14H17N3O2S. The molecule has 0 aliphatic rings. The highest BCUT2D eigenvalue weighted by molar-refractivity contribution is 7.98. The molecule has 0 bridgehead atoms. The van der Waals surface area contributed by atoms with Crippen molar-refractivity contribution in [2.45, 2.75) is 12.2 Å². The van der Waals surface area contributed by atoms with Gasteiger partial charge in [-0.15, -0.1) is 0 Å². The molecule has 5 nitrogen and oxygen atoms in total. The first-order valence-corrected chi connectivity index (χ1v) is 7.40. The molecule has 6 heteroatoms. The Morgan fingerprint density at radius 3 is 3.00 bits per heavy atom. The first-order valence-electron chi connectivity index (χ1n) is 6.24. The van der Waals surface area contributed by atoms with E-state index in [1.165, 1.54) is 7.11 Å². The van der Waals surface area contributed by atoms with Crippen molar-refractivity contribution < 1.29 is 9.53 Å². The summed E-state index contributed by atoms with van der Waals surface area (Å²) in [5.41, 5.74) is 4.57. The van der Waals surface area contributed by atoms with Crippen molar-refractivity contribution in [1.29, 1.82) is 0 Å². The minimum Gasteiger partial charge on any atom is -0.469 e. The van der Waals surface area contributed by atoms with Gasteiger partial charge < -0.3 is 10.2 Å². The van der Waals surface area contributed by atoms with Gasteiger partial charge in [0.05, 0.1) is 19.0 Å². The molecule has 0 saturated heterocycles. The number of esters is 1. The van der Waals surface area contributed by atoms with Crippen molar-refractivity contribution >= 4 is 34.5 Å². The van der Waals surface area contributed by atoms with Crippen LogP contribution in [-0.2, 0) is 15.3 Å². The second-order valence-corrected chi connectivity index (χ2v) is 5.32. The van der Waals surface area contributed by atoms with Crippen LogP contribution in [0, 0.1) is 0 Å². The van der Waals surface area contributed by atoms with Crippen LogP contribution in [0.5, 0.6) is 0 Å². The maximum absolute atomic E-state index is 11.0. The summed E-state index contributed by atoms with van der Waals surface area (Å²) < 4.78 is 4.61. The second kappa shape index (κ2) is 7.12. The number of carbonyl (C=O) groups is 1. The standard InChI is InChI=1S/C14H17N3O2S/c1-19-13(18)6-7-20-9-11-8-10-4-2-3-5-12(10)16-14(11)17-15/h2-5,8H,6-7,9,15H2,1H3,(H,16,17). The number of nitrogens with zero attached hydrogens (tertiary/aromatic N) is 1. The number of methoxy groups -OCH3 is 1. The largest absolute Gasteiger partial charge is 0.469 e. The van der Waals surface area contributed by atoms with E-state index in [1.54, 1.807) is 11.8 Å². The Labute approximate surface area is 121 Å². The van der Waals surface area contributed by atoms with E-state index < -0.39 is 0 Å². The molecule has 0 fully saturated rings. The van der Waals surface area contributed by atoms with Crippen LogP contribution in [0.1, 0.15) is 12.0 Å². The van der Waals surface area contributed by atoms with Gasteiger partial charge in [-0.2, -0.15) is 11.8 Å². The van der Waals surface area contributed by atoms with Crippen molar-refractivity contribution in [1.82, 2.24) is 4.98 Å². The van der Waals surface area contributed by atoms with E-state index in [1.807, 2.05) is 24.3 Å². The number of nitrogen functional groups attached to an aromatic ring is 1. The van der Waals surface area contributed by atoms with Crippen LogP contribution < -0.4 is 11.3 Å². The molecule has 0 aliphatic heterocycles. The number of fused-ring (bicyclic) bond motifs is 1. The van der Waals surface area contributed by atoms with Gasteiger partial charge >= 0.3 is 5.97 Å². The molecule has 0 spiro atoms. The summed E-state index contributed by atoms with van der Waals surface area (Å²) in [6, 6.07) is 9.96. The van der Waals surface area contributed by atoms with E-state index in [9.17, 15) is 4.79 Å². The highest BCUT2D eigenvalue weighted by atomic mass is 32.2. The van der Waals surface area contributed by atoms with Crippen molar-refractivity contribution in [3.63, 3.8) is 0 Å². The minimum absolute atomic E-state index is 0.189. The quantitative estimate of drug-likeness (QED) is 0.368. The fourth-order valence-electron chi connectivity index (χ4n) is 1.83. The van der Waals surface area contributed by atoms with Crippen molar-refractivity contribution in [2.75, 3.05) is 18.3 Å². The third-order valence-electron chi connectivity index (χ3n) is 2.88. The van der Waals surface area contributed by atoms with Gasteiger partial charge in [-0.3, -0.25) is 4.79 Å². The number of para-hydroxylation sites is 1. The summed E-state index contributed by atoms with van der Waals surface area (Å²) in [5, 5.41) is 1.08. The van der Waals surface area contributed by atoms with Crippen LogP contribution in [0.15, 0.2) is 30.3 Å². The molecular weight excluding hydrogens is 274 g/mol. The number of carbonyl (C=O) groups excluding carboxylic acids is 1. The maximum atomic E-state index is 11.0. The average Bonchev–Trinajstić information content (AvgIpc) is 2.50. The normalized spacial score (nSPS) is 10.5. The van der Waals surface area contributed by atoms with Gasteiger partial charge in [-0.1, -0.05) is 18.2 Å². The number of ether oxygens (including phenoxy) is 1. The van der Waals surface area contributed by atoms with E-state index >= 15 is 0 Å². The summed E-state index contributed by atoms with van der Waals surface area (Å²) in [4.78, 5) is 15.5. The van der Waals surface area contributed by atoms with Gasteiger partial charge in [0.15, 0.2) is 0 Å². The van der Waals surface area contributed by atoms with Crippen LogP contribution in [0.25, 0.3) is 10.9 Å². The first-order chi connectivity index (χ1) is 9.74. The Hall–Kier alpha value is -1.79. The van der Waals surface area contributed by atoms with E-state index in [0.717, 1.165) is 22.2 Å². The molecule has 1 aromatic carbocycles. The van der Waals surface area contributed by atoms with Crippen molar-refractivity contribution in [2.24, 2.45) is 5.84 Å². The minimum atomic E-state index is -0.189. The highest BCUT2D eigenvalue weighted by Gasteiger charge is 2.07. The maximum Gasteiger partial charge on any atom is 0.306 e. The van der Waals surface area contributed by atoms with E-state index in [2.05, 4.69) is 21.2 Å². The van der Waals surface area contributed by atoms with E-state index in [0.29, 0.717) is 18.0 Å². The number of rotatable bonds is 6. The van der Waals surface area contributed by atoms with Gasteiger partial charge in [-0.05, 0) is 12.1 Å². The third-order valence-corrected chi connectivity index (χ3v) is 3.88. The topological polar surface area (TPSA) is 77.2 Å². The fourth-order valence-corrected chi connectivity index (χ4v) is 2.73. The number of anilines is 1. The molecule has 0 saturated carbocycles. The molecule has 0 aliphatic carbocycles. The smallest absolute Gasteiger partial charge is 0.306 e. The molecule has 0 amide bonds. The number of aromatic nitrogens is 1. The Morgan fingerprint density at radius 1 is 1.45 bits per heavy atom. The SMILES string of the molecule is COC(=O)CCSCc1cc2ccccc2nc1NN. The van der Waals surface area contributed by atoms with Crippen LogP contribution in [0.2, 0.25) is 0 Å². The summed E-state index contributed by atoms with van der Waals surface area (Å²) in [6.45, 7) is 0. The Balaban J connectivity index is 2.06. The van der Waals surface area contributed by atoms with Crippen molar-refractivity contribution in [3.05, 3.63) is 35.9 Å². The molecule has 3 N–H and O–H groups in total. The lowest BCUT2D eigenvalue weighted by atomic mass is 10.1. The Morgan fingerprint density at radius 2 is 2.25 bits per heavy atom. The number of thioether (sulfide) groups is 1. The molecule has 1 heterocycles. The number of hydrogen-bond donors (Lipinski definition) is 2. The average molecular weight is 291 g/mol. The number of hydrazine groups is 1. The fraction of sp³-hybridized carbons (Fsp3) is 0.286. The van der Waals surface area contributed by atoms with Crippen LogP contribution in [-0.4, -0.2) is 23.8 Å². The monoisotopic (exact) mass is 291 g/mol. The molecule has 2 aromatic rings. The zero-order valence-electron chi connectivity index (χ0n) is 11.3. The van der Waals surface area contributed by atoms with Gasteiger partial charge in [0, 0.05) is 22.5 Å². The van der Waals surface area contributed by atoms with Gasteiger partial charge in [0.25, 0.3) is 0 Å². The third kappa shape index (κ3) is 3.61. The van der Waals surface area contributed by atoms with Gasteiger partial charge in [0.2, 0.25) is 0 Å². The van der Waals surface area contributed by atoms with E-state index in [4.69, 9.17) is 5.84 Å². The molecule has 2 rings (SSSR count). The summed E-state index contributed by atoms with van der Waals surface area (Å²) in [6.07, 6.45) is 0.410.